The number of nitrogens with zero attached hydrogens (tertiary/aromatic N) is 1. The summed E-state index contributed by atoms with van der Waals surface area (Å²) >= 11 is 0. The number of ether oxygens (including phenoxy) is 3. The normalized spacial score (nSPS) is 10.1. The molecule has 0 aliphatic carbocycles. The van der Waals surface area contributed by atoms with E-state index in [0.717, 1.165) is 0 Å². The predicted octanol–water partition coefficient (Wildman–Crippen LogP) is 1.73. The van der Waals surface area contributed by atoms with Crippen LogP contribution in [0.15, 0.2) is 36.4 Å². The average molecular weight is 359 g/mol. The molecular formula is C18H21N3O5. The molecule has 2 N–H and O–H groups in total. The van der Waals surface area contributed by atoms with Gasteiger partial charge in [0.2, 0.25) is 0 Å². The number of benzene rings is 1. The van der Waals surface area contributed by atoms with Crippen LogP contribution in [0, 0.1) is 0 Å². The van der Waals surface area contributed by atoms with E-state index in [1.54, 1.807) is 31.4 Å². The largest absolute Gasteiger partial charge is 0.493 e. The van der Waals surface area contributed by atoms with Crippen LogP contribution < -0.4 is 20.1 Å². The second-order valence-corrected chi connectivity index (χ2v) is 5.18. The van der Waals surface area contributed by atoms with Gasteiger partial charge in [0.25, 0.3) is 11.8 Å². The lowest BCUT2D eigenvalue weighted by Crippen LogP contribution is -2.28. The van der Waals surface area contributed by atoms with Crippen molar-refractivity contribution >= 4 is 17.5 Å². The molecule has 26 heavy (non-hydrogen) atoms. The lowest BCUT2D eigenvalue weighted by Gasteiger charge is -2.11. The first-order valence-corrected chi connectivity index (χ1v) is 7.86. The standard InChI is InChI=1S/C18H21N3O5/c1-24-10-9-19-17(22)13-5-4-6-14(21-13)18(23)20-12-7-8-15(25-2)16(11-12)26-3/h4-8,11H,9-10H2,1-3H3,(H,19,22)(H,20,23). The summed E-state index contributed by atoms with van der Waals surface area (Å²) in [6.07, 6.45) is 0. The molecule has 2 rings (SSSR count). The van der Waals surface area contributed by atoms with Crippen molar-refractivity contribution in [3.63, 3.8) is 0 Å². The quantitative estimate of drug-likeness (QED) is 0.697. The Hall–Kier alpha value is -3.13. The number of hydrogen-bond donors (Lipinski definition) is 2. The summed E-state index contributed by atoms with van der Waals surface area (Å²) in [6.45, 7) is 0.754. The molecule has 138 valence electrons. The molecule has 0 saturated heterocycles. The Morgan fingerprint density at radius 2 is 1.65 bits per heavy atom. The first-order chi connectivity index (χ1) is 12.6. The predicted molar refractivity (Wildman–Crippen MR) is 95.9 cm³/mol. The van der Waals surface area contributed by atoms with Gasteiger partial charge in [0.15, 0.2) is 11.5 Å². The van der Waals surface area contributed by atoms with E-state index in [1.165, 1.54) is 26.4 Å². The number of methoxy groups -OCH3 is 3. The van der Waals surface area contributed by atoms with Crippen molar-refractivity contribution in [1.82, 2.24) is 10.3 Å². The Morgan fingerprint density at radius 1 is 0.962 bits per heavy atom. The third kappa shape index (κ3) is 4.93. The van der Waals surface area contributed by atoms with E-state index in [4.69, 9.17) is 14.2 Å². The molecule has 0 saturated carbocycles. The first kappa shape index (κ1) is 19.2. The molecule has 0 unspecified atom stereocenters. The van der Waals surface area contributed by atoms with Crippen LogP contribution in [0.1, 0.15) is 21.0 Å². The van der Waals surface area contributed by atoms with E-state index in [9.17, 15) is 9.59 Å². The number of aromatic nitrogens is 1. The molecule has 0 fully saturated rings. The van der Waals surface area contributed by atoms with Crippen LogP contribution in [0.5, 0.6) is 11.5 Å². The number of carbonyl (C=O) groups is 2. The van der Waals surface area contributed by atoms with Gasteiger partial charge in [0.1, 0.15) is 11.4 Å². The van der Waals surface area contributed by atoms with Crippen LogP contribution >= 0.6 is 0 Å². The van der Waals surface area contributed by atoms with Crippen molar-refractivity contribution in [2.75, 3.05) is 39.8 Å². The molecule has 8 nitrogen and oxygen atoms in total. The van der Waals surface area contributed by atoms with E-state index in [-0.39, 0.29) is 17.3 Å². The summed E-state index contributed by atoms with van der Waals surface area (Å²) in [6, 6.07) is 9.67. The highest BCUT2D eigenvalue weighted by molar-refractivity contribution is 6.04. The third-order valence-corrected chi connectivity index (χ3v) is 3.45. The molecular weight excluding hydrogens is 338 g/mol. The molecule has 8 heteroatoms. The third-order valence-electron chi connectivity index (χ3n) is 3.45. The monoisotopic (exact) mass is 359 g/mol. The topological polar surface area (TPSA) is 98.8 Å². The molecule has 0 spiro atoms. The molecule has 0 atom stereocenters. The zero-order valence-corrected chi connectivity index (χ0v) is 14.9. The van der Waals surface area contributed by atoms with Gasteiger partial charge in [-0.3, -0.25) is 9.59 Å². The maximum absolute atomic E-state index is 12.4. The molecule has 0 aliphatic rings. The SMILES string of the molecule is COCCNC(=O)c1cccc(C(=O)Nc2ccc(OC)c(OC)c2)n1. The molecule has 1 aromatic carbocycles. The van der Waals surface area contributed by atoms with Gasteiger partial charge in [-0.2, -0.15) is 0 Å². The molecule has 0 aliphatic heterocycles. The zero-order valence-electron chi connectivity index (χ0n) is 14.9. The average Bonchev–Trinajstić information content (AvgIpc) is 2.68. The van der Waals surface area contributed by atoms with Crippen LogP contribution in [-0.2, 0) is 4.74 Å². The van der Waals surface area contributed by atoms with E-state index in [0.29, 0.717) is 30.3 Å². The first-order valence-electron chi connectivity index (χ1n) is 7.86. The van der Waals surface area contributed by atoms with Crippen molar-refractivity contribution in [2.45, 2.75) is 0 Å². The fourth-order valence-corrected chi connectivity index (χ4v) is 2.15. The lowest BCUT2D eigenvalue weighted by molar-refractivity contribution is 0.0932. The van der Waals surface area contributed by atoms with Crippen molar-refractivity contribution in [3.05, 3.63) is 47.8 Å². The number of anilines is 1. The fourth-order valence-electron chi connectivity index (χ4n) is 2.15. The van der Waals surface area contributed by atoms with Crippen LogP contribution in [-0.4, -0.2) is 51.3 Å². The fraction of sp³-hybridized carbons (Fsp3) is 0.278. The summed E-state index contributed by atoms with van der Waals surface area (Å²) < 4.78 is 15.2. The Bertz CT molecular complexity index is 779. The summed E-state index contributed by atoms with van der Waals surface area (Å²) in [7, 11) is 4.59. The van der Waals surface area contributed by atoms with Gasteiger partial charge in [-0.25, -0.2) is 4.98 Å². The molecule has 2 aromatic rings. The van der Waals surface area contributed by atoms with E-state index < -0.39 is 5.91 Å². The van der Waals surface area contributed by atoms with Gasteiger partial charge < -0.3 is 24.8 Å². The van der Waals surface area contributed by atoms with Crippen molar-refractivity contribution in [1.29, 1.82) is 0 Å². The molecule has 1 heterocycles. The highest BCUT2D eigenvalue weighted by Gasteiger charge is 2.13. The second-order valence-electron chi connectivity index (χ2n) is 5.18. The Balaban J connectivity index is 2.10. The second kappa shape index (κ2) is 9.38. The minimum Gasteiger partial charge on any atom is -0.493 e. The van der Waals surface area contributed by atoms with Gasteiger partial charge >= 0.3 is 0 Å². The molecule has 2 amide bonds. The van der Waals surface area contributed by atoms with Gasteiger partial charge in [0.05, 0.1) is 20.8 Å². The van der Waals surface area contributed by atoms with Crippen molar-refractivity contribution in [2.24, 2.45) is 0 Å². The summed E-state index contributed by atoms with van der Waals surface area (Å²) in [5.74, 6) is 0.231. The molecule has 0 bridgehead atoms. The van der Waals surface area contributed by atoms with Crippen molar-refractivity contribution in [3.8, 4) is 11.5 Å². The summed E-state index contributed by atoms with van der Waals surface area (Å²) in [4.78, 5) is 28.5. The number of hydrogen-bond acceptors (Lipinski definition) is 6. The molecule has 1 aromatic heterocycles. The Kier molecular flexibility index (Phi) is 6.92. The van der Waals surface area contributed by atoms with Crippen LogP contribution in [0.4, 0.5) is 5.69 Å². The number of pyridine rings is 1. The van der Waals surface area contributed by atoms with Gasteiger partial charge in [-0.15, -0.1) is 0 Å². The summed E-state index contributed by atoms with van der Waals surface area (Å²) in [5, 5.41) is 5.37. The Labute approximate surface area is 151 Å². The highest BCUT2D eigenvalue weighted by Crippen LogP contribution is 2.29. The highest BCUT2D eigenvalue weighted by atomic mass is 16.5. The maximum Gasteiger partial charge on any atom is 0.274 e. The minimum atomic E-state index is -0.441. The zero-order chi connectivity index (χ0) is 18.9. The smallest absolute Gasteiger partial charge is 0.274 e. The van der Waals surface area contributed by atoms with E-state index in [1.807, 2.05) is 0 Å². The molecule has 0 radical (unpaired) electrons. The summed E-state index contributed by atoms with van der Waals surface area (Å²) in [5.41, 5.74) is 0.796. The van der Waals surface area contributed by atoms with E-state index in [2.05, 4.69) is 15.6 Å². The lowest BCUT2D eigenvalue weighted by atomic mass is 10.2. The van der Waals surface area contributed by atoms with Crippen LogP contribution in [0.25, 0.3) is 0 Å². The number of amides is 2. The van der Waals surface area contributed by atoms with Gasteiger partial charge in [-0.1, -0.05) is 6.07 Å². The van der Waals surface area contributed by atoms with Crippen molar-refractivity contribution < 1.29 is 23.8 Å². The van der Waals surface area contributed by atoms with Gasteiger partial charge in [-0.05, 0) is 24.3 Å². The van der Waals surface area contributed by atoms with Gasteiger partial charge in [0, 0.05) is 25.4 Å². The Morgan fingerprint density at radius 3 is 2.31 bits per heavy atom. The number of rotatable bonds is 8. The van der Waals surface area contributed by atoms with E-state index >= 15 is 0 Å². The minimum absolute atomic E-state index is 0.124. The van der Waals surface area contributed by atoms with Crippen LogP contribution in [0.2, 0.25) is 0 Å². The number of nitrogens with one attached hydrogen (secondary N) is 2. The number of carbonyl (C=O) groups excluding carboxylic acids is 2. The maximum atomic E-state index is 12.4. The van der Waals surface area contributed by atoms with Crippen LogP contribution in [0.3, 0.4) is 0 Å².